The lowest BCUT2D eigenvalue weighted by atomic mass is 9.84. The Morgan fingerprint density at radius 3 is 2.95 bits per heavy atom. The smallest absolute Gasteiger partial charge is 0.0866 e. The molecule has 1 heterocycles. The van der Waals surface area contributed by atoms with Crippen molar-refractivity contribution in [1.82, 2.24) is 0 Å². The first-order valence-electron chi connectivity index (χ1n) is 6.85. The number of nitrogens with two attached hydrogens (primary N) is 1. The van der Waals surface area contributed by atoms with Crippen LogP contribution in [-0.4, -0.2) is 12.6 Å². The van der Waals surface area contributed by atoms with Crippen molar-refractivity contribution in [3.8, 4) is 0 Å². The Hall–Kier alpha value is -1.64. The van der Waals surface area contributed by atoms with E-state index in [1.165, 1.54) is 16.7 Å². The molecule has 19 heavy (non-hydrogen) atoms. The van der Waals surface area contributed by atoms with E-state index < -0.39 is 0 Å². The largest absolute Gasteiger partial charge is 0.368 e. The summed E-state index contributed by atoms with van der Waals surface area (Å²) in [7, 11) is 0. The Bertz CT molecular complexity index is 542. The lowest BCUT2D eigenvalue weighted by molar-refractivity contribution is 0.0615. The normalized spacial score (nSPS) is 26.9. The van der Waals surface area contributed by atoms with Gasteiger partial charge < -0.3 is 10.5 Å². The van der Waals surface area contributed by atoms with E-state index in [2.05, 4.69) is 54.6 Å². The van der Waals surface area contributed by atoms with Crippen molar-refractivity contribution < 1.29 is 4.74 Å². The van der Waals surface area contributed by atoms with Crippen molar-refractivity contribution in [2.75, 3.05) is 6.54 Å². The molecule has 1 aliphatic carbocycles. The number of rotatable bonds is 2. The van der Waals surface area contributed by atoms with Crippen LogP contribution in [0, 0.1) is 5.92 Å². The minimum Gasteiger partial charge on any atom is -0.368 e. The monoisotopic (exact) mass is 253 g/mol. The van der Waals surface area contributed by atoms with E-state index in [0.29, 0.717) is 19.1 Å². The molecule has 0 spiro atoms. The Morgan fingerprint density at radius 2 is 2.05 bits per heavy atom. The average Bonchev–Trinajstić information content (AvgIpc) is 2.62. The standard InChI is InChI=1S/C17H19NO/c18-11-5-9-15-14-7-2-1-6-13(14)12-19-17-10-4-3-8-16(15)17/h1-4,6-10,16-17H,5,11-12,18H2/b15-9+. The van der Waals surface area contributed by atoms with Gasteiger partial charge in [-0.1, -0.05) is 54.6 Å². The van der Waals surface area contributed by atoms with Gasteiger partial charge in [0.1, 0.15) is 0 Å². The van der Waals surface area contributed by atoms with Gasteiger partial charge in [-0.2, -0.15) is 0 Å². The third-order valence-electron chi connectivity index (χ3n) is 3.73. The molecule has 0 aromatic heterocycles. The van der Waals surface area contributed by atoms with E-state index in [0.717, 1.165) is 6.42 Å². The van der Waals surface area contributed by atoms with Crippen LogP contribution in [0.3, 0.4) is 0 Å². The van der Waals surface area contributed by atoms with Crippen molar-refractivity contribution in [1.29, 1.82) is 0 Å². The first-order valence-corrected chi connectivity index (χ1v) is 6.85. The molecule has 2 atom stereocenters. The third-order valence-corrected chi connectivity index (χ3v) is 3.73. The number of benzene rings is 1. The summed E-state index contributed by atoms with van der Waals surface area (Å²) in [6.45, 7) is 1.36. The predicted octanol–water partition coefficient (Wildman–Crippen LogP) is 3.06. The van der Waals surface area contributed by atoms with Crippen LogP contribution in [0.1, 0.15) is 17.5 Å². The summed E-state index contributed by atoms with van der Waals surface area (Å²) < 4.78 is 6.03. The van der Waals surface area contributed by atoms with Gasteiger partial charge in [0.2, 0.25) is 0 Å². The predicted molar refractivity (Wildman–Crippen MR) is 78.4 cm³/mol. The highest BCUT2D eigenvalue weighted by molar-refractivity contribution is 5.73. The van der Waals surface area contributed by atoms with Gasteiger partial charge in [-0.15, -0.1) is 0 Å². The molecule has 2 nitrogen and oxygen atoms in total. The third kappa shape index (κ3) is 2.42. The van der Waals surface area contributed by atoms with E-state index in [-0.39, 0.29) is 6.10 Å². The van der Waals surface area contributed by atoms with E-state index in [1.807, 2.05) is 0 Å². The number of allylic oxidation sites excluding steroid dienone is 2. The molecule has 0 amide bonds. The van der Waals surface area contributed by atoms with Crippen LogP contribution in [-0.2, 0) is 11.3 Å². The maximum Gasteiger partial charge on any atom is 0.0866 e. The minimum absolute atomic E-state index is 0.140. The van der Waals surface area contributed by atoms with Crippen molar-refractivity contribution in [3.63, 3.8) is 0 Å². The Morgan fingerprint density at radius 1 is 1.21 bits per heavy atom. The average molecular weight is 253 g/mol. The molecule has 1 aromatic carbocycles. The Kier molecular flexibility index (Phi) is 3.62. The molecule has 2 aliphatic rings. The fourth-order valence-corrected chi connectivity index (χ4v) is 2.80. The highest BCUT2D eigenvalue weighted by atomic mass is 16.5. The van der Waals surface area contributed by atoms with E-state index in [4.69, 9.17) is 10.5 Å². The second kappa shape index (κ2) is 5.55. The van der Waals surface area contributed by atoms with Gasteiger partial charge >= 0.3 is 0 Å². The van der Waals surface area contributed by atoms with Crippen LogP contribution in [0.2, 0.25) is 0 Å². The first-order chi connectivity index (χ1) is 9.40. The van der Waals surface area contributed by atoms with Crippen LogP contribution in [0.25, 0.3) is 5.57 Å². The fraction of sp³-hybridized carbons (Fsp3) is 0.294. The van der Waals surface area contributed by atoms with Crippen LogP contribution < -0.4 is 5.73 Å². The summed E-state index contributed by atoms with van der Waals surface area (Å²) in [5, 5.41) is 0. The van der Waals surface area contributed by atoms with Gasteiger partial charge in [0.15, 0.2) is 0 Å². The van der Waals surface area contributed by atoms with Crippen molar-refractivity contribution in [2.24, 2.45) is 11.7 Å². The molecule has 0 saturated heterocycles. The molecule has 2 N–H and O–H groups in total. The number of hydrogen-bond acceptors (Lipinski definition) is 2. The number of fused-ring (bicyclic) bond motifs is 2. The summed E-state index contributed by atoms with van der Waals surface area (Å²) >= 11 is 0. The van der Waals surface area contributed by atoms with Gasteiger partial charge in [-0.25, -0.2) is 0 Å². The molecule has 1 aliphatic heterocycles. The van der Waals surface area contributed by atoms with Crippen molar-refractivity contribution in [3.05, 3.63) is 65.8 Å². The zero-order valence-corrected chi connectivity index (χ0v) is 11.0. The minimum atomic E-state index is 0.140. The zero-order chi connectivity index (χ0) is 13.1. The molecule has 2 heteroatoms. The SMILES string of the molecule is NCC/C=C1\c2ccccc2COC2C=CC=CC12. The summed E-state index contributed by atoms with van der Waals surface area (Å²) in [5.74, 6) is 0.306. The molecule has 2 unspecified atom stereocenters. The fourth-order valence-electron chi connectivity index (χ4n) is 2.80. The molecular weight excluding hydrogens is 234 g/mol. The second-order valence-electron chi connectivity index (χ2n) is 4.97. The van der Waals surface area contributed by atoms with E-state index in [1.54, 1.807) is 0 Å². The van der Waals surface area contributed by atoms with Crippen molar-refractivity contribution in [2.45, 2.75) is 19.1 Å². The molecule has 0 saturated carbocycles. The van der Waals surface area contributed by atoms with Crippen LogP contribution in [0.5, 0.6) is 0 Å². The lowest BCUT2D eigenvalue weighted by Crippen LogP contribution is -2.21. The summed E-state index contributed by atoms with van der Waals surface area (Å²) in [5.41, 5.74) is 9.59. The van der Waals surface area contributed by atoms with Crippen LogP contribution in [0.15, 0.2) is 54.6 Å². The highest BCUT2D eigenvalue weighted by Gasteiger charge is 2.28. The number of ether oxygens (including phenoxy) is 1. The molecule has 0 fully saturated rings. The maximum absolute atomic E-state index is 6.03. The summed E-state index contributed by atoms with van der Waals surface area (Å²) in [6, 6.07) is 8.51. The molecular formula is C17H19NO. The summed E-state index contributed by atoms with van der Waals surface area (Å²) in [4.78, 5) is 0. The van der Waals surface area contributed by atoms with Gasteiger partial charge in [0.25, 0.3) is 0 Å². The quantitative estimate of drug-likeness (QED) is 0.879. The molecule has 0 bridgehead atoms. The number of hydrogen-bond donors (Lipinski definition) is 1. The molecule has 1 aromatic rings. The topological polar surface area (TPSA) is 35.2 Å². The molecule has 3 rings (SSSR count). The van der Waals surface area contributed by atoms with Gasteiger partial charge in [0.05, 0.1) is 12.7 Å². The zero-order valence-electron chi connectivity index (χ0n) is 11.0. The second-order valence-corrected chi connectivity index (χ2v) is 4.97. The first kappa shape index (κ1) is 12.4. The Labute approximate surface area is 114 Å². The van der Waals surface area contributed by atoms with Gasteiger partial charge in [-0.05, 0) is 29.7 Å². The highest BCUT2D eigenvalue weighted by Crippen LogP contribution is 2.36. The molecule has 98 valence electrons. The van der Waals surface area contributed by atoms with E-state index in [9.17, 15) is 0 Å². The summed E-state index contributed by atoms with van der Waals surface area (Å²) in [6.07, 6.45) is 11.9. The lowest BCUT2D eigenvalue weighted by Gasteiger charge is -2.24. The van der Waals surface area contributed by atoms with Crippen LogP contribution in [0.4, 0.5) is 0 Å². The van der Waals surface area contributed by atoms with Crippen molar-refractivity contribution >= 4 is 5.57 Å². The maximum atomic E-state index is 6.03. The van der Waals surface area contributed by atoms with E-state index >= 15 is 0 Å². The van der Waals surface area contributed by atoms with Gasteiger partial charge in [0, 0.05) is 5.92 Å². The van der Waals surface area contributed by atoms with Gasteiger partial charge in [-0.3, -0.25) is 0 Å². The Balaban J connectivity index is 2.07. The van der Waals surface area contributed by atoms with Crippen LogP contribution >= 0.6 is 0 Å². The molecule has 0 radical (unpaired) electrons.